The summed E-state index contributed by atoms with van der Waals surface area (Å²) in [4.78, 5) is 11.5. The number of hydrogen-bond donors (Lipinski definition) is 2. The lowest BCUT2D eigenvalue weighted by Crippen LogP contribution is -2.27. The molecule has 4 nitrogen and oxygen atoms in total. The Morgan fingerprint density at radius 1 is 1.73 bits per heavy atom. The molecule has 0 aliphatic heterocycles. The summed E-state index contributed by atoms with van der Waals surface area (Å²) < 4.78 is 0. The maximum absolute atomic E-state index is 11.5. The minimum absolute atomic E-state index is 0.0959. The van der Waals surface area contributed by atoms with Crippen LogP contribution in [0, 0.1) is 18.8 Å². The number of hydrogen-bond acceptors (Lipinski definition) is 2. The van der Waals surface area contributed by atoms with E-state index in [9.17, 15) is 4.79 Å². The summed E-state index contributed by atoms with van der Waals surface area (Å²) in [5.41, 5.74) is 1.96. The van der Waals surface area contributed by atoms with Crippen molar-refractivity contribution in [3.05, 3.63) is 17.5 Å². The zero-order valence-corrected chi connectivity index (χ0v) is 9.21. The van der Waals surface area contributed by atoms with E-state index in [1.54, 1.807) is 6.20 Å². The average Bonchev–Trinajstić information content (AvgIpc) is 2.76. The van der Waals surface area contributed by atoms with Gasteiger partial charge in [-0.3, -0.25) is 9.89 Å². The Labute approximate surface area is 89.5 Å². The Morgan fingerprint density at radius 2 is 2.47 bits per heavy atom. The Bertz CT molecular complexity index is 358. The Kier molecular flexibility index (Phi) is 2.75. The van der Waals surface area contributed by atoms with Crippen LogP contribution < -0.4 is 5.32 Å². The Hall–Kier alpha value is -1.32. The molecule has 1 fully saturated rings. The highest BCUT2D eigenvalue weighted by Crippen LogP contribution is 2.36. The summed E-state index contributed by atoms with van der Waals surface area (Å²) >= 11 is 0. The van der Waals surface area contributed by atoms with Gasteiger partial charge in [0.2, 0.25) is 5.91 Å². The highest BCUT2D eigenvalue weighted by molar-refractivity contribution is 5.78. The second kappa shape index (κ2) is 4.04. The van der Waals surface area contributed by atoms with E-state index < -0.39 is 0 Å². The molecular weight excluding hydrogens is 190 g/mol. The largest absolute Gasteiger partial charge is 0.356 e. The zero-order valence-electron chi connectivity index (χ0n) is 9.21. The van der Waals surface area contributed by atoms with E-state index in [1.165, 1.54) is 6.42 Å². The molecule has 15 heavy (non-hydrogen) atoms. The number of nitrogens with zero attached hydrogens (tertiary/aromatic N) is 1. The number of aromatic nitrogens is 2. The number of nitrogens with one attached hydrogen (secondary N) is 2. The van der Waals surface area contributed by atoms with Gasteiger partial charge in [-0.1, -0.05) is 6.92 Å². The SMILES string of the molecule is Cc1[nH]ncc1CC(=O)NCC1CC1C. The molecule has 1 heterocycles. The number of rotatable bonds is 4. The first-order chi connectivity index (χ1) is 7.16. The zero-order chi connectivity index (χ0) is 10.8. The fourth-order valence-corrected chi connectivity index (χ4v) is 1.72. The molecule has 0 aromatic carbocycles. The molecule has 2 atom stereocenters. The monoisotopic (exact) mass is 207 g/mol. The smallest absolute Gasteiger partial charge is 0.224 e. The molecule has 4 heteroatoms. The molecule has 0 radical (unpaired) electrons. The van der Waals surface area contributed by atoms with Crippen LogP contribution in [0.4, 0.5) is 0 Å². The summed E-state index contributed by atoms with van der Waals surface area (Å²) in [6.45, 7) is 4.98. The van der Waals surface area contributed by atoms with Crippen molar-refractivity contribution in [1.82, 2.24) is 15.5 Å². The van der Waals surface area contributed by atoms with Crippen molar-refractivity contribution in [3.8, 4) is 0 Å². The topological polar surface area (TPSA) is 57.8 Å². The van der Waals surface area contributed by atoms with Crippen molar-refractivity contribution in [2.45, 2.75) is 26.7 Å². The molecule has 2 rings (SSSR count). The number of H-pyrrole nitrogens is 1. The minimum atomic E-state index is 0.0959. The van der Waals surface area contributed by atoms with E-state index in [-0.39, 0.29) is 5.91 Å². The lowest BCUT2D eigenvalue weighted by Gasteiger charge is -2.03. The molecule has 82 valence electrons. The number of carbonyl (C=O) groups is 1. The van der Waals surface area contributed by atoms with Crippen LogP contribution in [0.5, 0.6) is 0 Å². The van der Waals surface area contributed by atoms with Crippen LogP contribution in [-0.4, -0.2) is 22.6 Å². The molecule has 1 amide bonds. The lowest BCUT2D eigenvalue weighted by molar-refractivity contribution is -0.120. The third kappa shape index (κ3) is 2.58. The molecule has 1 aliphatic rings. The van der Waals surface area contributed by atoms with E-state index in [1.807, 2.05) is 6.92 Å². The van der Waals surface area contributed by atoms with Crippen LogP contribution >= 0.6 is 0 Å². The number of aryl methyl sites for hydroxylation is 1. The van der Waals surface area contributed by atoms with Crippen LogP contribution in [0.25, 0.3) is 0 Å². The maximum atomic E-state index is 11.5. The van der Waals surface area contributed by atoms with Crippen LogP contribution in [0.2, 0.25) is 0 Å². The third-order valence-electron chi connectivity index (χ3n) is 3.12. The standard InChI is InChI=1S/C11H17N3O/c1-7-3-9(7)5-12-11(15)4-10-6-13-14-8(10)2/h6-7,9H,3-5H2,1-2H3,(H,12,15)(H,13,14). The summed E-state index contributed by atoms with van der Waals surface area (Å²) in [6.07, 6.45) is 3.41. The summed E-state index contributed by atoms with van der Waals surface area (Å²) in [5, 5.41) is 9.68. The van der Waals surface area contributed by atoms with Gasteiger partial charge < -0.3 is 5.32 Å². The first kappa shape index (κ1) is 10.2. The number of aromatic amines is 1. The van der Waals surface area contributed by atoms with E-state index in [0.29, 0.717) is 12.3 Å². The lowest BCUT2D eigenvalue weighted by atomic mass is 10.2. The van der Waals surface area contributed by atoms with Crippen molar-refractivity contribution in [2.24, 2.45) is 11.8 Å². The van der Waals surface area contributed by atoms with Gasteiger partial charge in [0.05, 0.1) is 12.6 Å². The van der Waals surface area contributed by atoms with Crippen molar-refractivity contribution in [1.29, 1.82) is 0 Å². The quantitative estimate of drug-likeness (QED) is 0.774. The van der Waals surface area contributed by atoms with Crippen LogP contribution in [0.15, 0.2) is 6.20 Å². The van der Waals surface area contributed by atoms with Gasteiger partial charge in [0.1, 0.15) is 0 Å². The summed E-state index contributed by atoms with van der Waals surface area (Å²) in [6, 6.07) is 0. The van der Waals surface area contributed by atoms with Gasteiger partial charge in [0.15, 0.2) is 0 Å². The van der Waals surface area contributed by atoms with Crippen molar-refractivity contribution in [2.75, 3.05) is 6.54 Å². The molecule has 0 saturated heterocycles. The second-order valence-electron chi connectivity index (χ2n) is 4.47. The molecule has 1 aromatic heterocycles. The van der Waals surface area contributed by atoms with Gasteiger partial charge in [-0.25, -0.2) is 0 Å². The van der Waals surface area contributed by atoms with Crippen LogP contribution in [0.3, 0.4) is 0 Å². The Balaban J connectivity index is 1.75. The minimum Gasteiger partial charge on any atom is -0.356 e. The molecule has 0 bridgehead atoms. The normalized spacial score (nSPS) is 23.9. The van der Waals surface area contributed by atoms with Gasteiger partial charge in [-0.05, 0) is 25.2 Å². The predicted octanol–water partition coefficient (Wildman–Crippen LogP) is 1.03. The molecule has 1 saturated carbocycles. The highest BCUT2D eigenvalue weighted by Gasteiger charge is 2.32. The molecule has 1 aromatic rings. The molecular formula is C11H17N3O. The van der Waals surface area contributed by atoms with E-state index in [0.717, 1.165) is 23.7 Å². The van der Waals surface area contributed by atoms with Gasteiger partial charge in [-0.2, -0.15) is 5.10 Å². The van der Waals surface area contributed by atoms with E-state index >= 15 is 0 Å². The van der Waals surface area contributed by atoms with Crippen molar-refractivity contribution < 1.29 is 4.79 Å². The van der Waals surface area contributed by atoms with Gasteiger partial charge in [0, 0.05) is 17.8 Å². The number of carbonyl (C=O) groups excluding carboxylic acids is 1. The van der Waals surface area contributed by atoms with Crippen LogP contribution in [0.1, 0.15) is 24.6 Å². The van der Waals surface area contributed by atoms with Crippen molar-refractivity contribution in [3.63, 3.8) is 0 Å². The van der Waals surface area contributed by atoms with Crippen LogP contribution in [-0.2, 0) is 11.2 Å². The van der Waals surface area contributed by atoms with E-state index in [2.05, 4.69) is 22.4 Å². The molecule has 1 aliphatic carbocycles. The first-order valence-electron chi connectivity index (χ1n) is 5.42. The van der Waals surface area contributed by atoms with Gasteiger partial charge in [-0.15, -0.1) is 0 Å². The summed E-state index contributed by atoms with van der Waals surface area (Å²) in [5.74, 6) is 1.60. The highest BCUT2D eigenvalue weighted by atomic mass is 16.1. The summed E-state index contributed by atoms with van der Waals surface area (Å²) in [7, 11) is 0. The fraction of sp³-hybridized carbons (Fsp3) is 0.636. The predicted molar refractivity (Wildman–Crippen MR) is 57.3 cm³/mol. The first-order valence-corrected chi connectivity index (χ1v) is 5.42. The number of amides is 1. The van der Waals surface area contributed by atoms with E-state index in [4.69, 9.17) is 0 Å². The Morgan fingerprint density at radius 3 is 3.00 bits per heavy atom. The fourth-order valence-electron chi connectivity index (χ4n) is 1.72. The average molecular weight is 207 g/mol. The van der Waals surface area contributed by atoms with Gasteiger partial charge >= 0.3 is 0 Å². The van der Waals surface area contributed by atoms with Gasteiger partial charge in [0.25, 0.3) is 0 Å². The molecule has 2 unspecified atom stereocenters. The molecule has 2 N–H and O–H groups in total. The third-order valence-corrected chi connectivity index (χ3v) is 3.12. The van der Waals surface area contributed by atoms with Crippen molar-refractivity contribution >= 4 is 5.91 Å². The second-order valence-corrected chi connectivity index (χ2v) is 4.47. The maximum Gasteiger partial charge on any atom is 0.224 e. The molecule has 0 spiro atoms.